The summed E-state index contributed by atoms with van der Waals surface area (Å²) < 4.78 is 0. The van der Waals surface area contributed by atoms with Crippen molar-refractivity contribution in [1.82, 2.24) is 0 Å². The molecule has 0 amide bonds. The summed E-state index contributed by atoms with van der Waals surface area (Å²) in [4.78, 5) is 7.77. The third-order valence-corrected chi connectivity index (χ3v) is 21.1. The van der Waals surface area contributed by atoms with Gasteiger partial charge in [-0.15, -0.1) is 0 Å². The fourth-order valence-corrected chi connectivity index (χ4v) is 16.2. The van der Waals surface area contributed by atoms with Crippen molar-refractivity contribution in [2.75, 3.05) is 14.7 Å². The zero-order chi connectivity index (χ0) is 67.4. The second kappa shape index (κ2) is 23.9. The van der Waals surface area contributed by atoms with Crippen molar-refractivity contribution < 1.29 is 0 Å². The molecule has 0 spiro atoms. The number of fused-ring (bicyclic) bond motifs is 4. The lowest BCUT2D eigenvalue weighted by Gasteiger charge is -2.45. The minimum absolute atomic E-state index is 0.156. The Labute approximate surface area is 587 Å². The number of hydrogen-bond donors (Lipinski definition) is 0. The summed E-state index contributed by atoms with van der Waals surface area (Å²) in [5.74, 6) is 0. The van der Waals surface area contributed by atoms with Gasteiger partial charge in [0.2, 0.25) is 0 Å². The van der Waals surface area contributed by atoms with E-state index < -0.39 is 0 Å². The summed E-state index contributed by atoms with van der Waals surface area (Å²) >= 11 is 0. The molecule has 2 aliphatic heterocycles. The molecular formula is C96H74BN3. The summed E-state index contributed by atoms with van der Waals surface area (Å²) in [6, 6.07) is 128. The van der Waals surface area contributed by atoms with Crippen LogP contribution in [0.1, 0.15) is 52.7 Å². The second-order valence-electron chi connectivity index (χ2n) is 29.2. The molecular weight excluding hydrogens is 1210 g/mol. The minimum Gasteiger partial charge on any atom is -0.311 e. The van der Waals surface area contributed by atoms with E-state index in [0.29, 0.717) is 0 Å². The van der Waals surface area contributed by atoms with Crippen LogP contribution in [-0.4, -0.2) is 6.71 Å². The van der Waals surface area contributed by atoms with E-state index in [0.717, 1.165) is 84.6 Å². The molecule has 0 aromatic heterocycles. The molecule has 18 rings (SSSR count). The average molecular weight is 1280 g/mol. The lowest BCUT2D eigenvalue weighted by atomic mass is 9.33. The third kappa shape index (κ3) is 10.2. The van der Waals surface area contributed by atoms with Gasteiger partial charge in [0.1, 0.15) is 0 Å². The molecule has 0 radical (unpaired) electrons. The largest absolute Gasteiger partial charge is 0.311 e. The zero-order valence-corrected chi connectivity index (χ0v) is 57.3. The highest BCUT2D eigenvalue weighted by Gasteiger charge is 2.45. The topological polar surface area (TPSA) is 9.72 Å². The predicted octanol–water partition coefficient (Wildman–Crippen LogP) is 24.7. The average Bonchev–Trinajstić information content (AvgIpc) is 0.696. The van der Waals surface area contributed by atoms with Crippen LogP contribution >= 0.6 is 0 Å². The van der Waals surface area contributed by atoms with Gasteiger partial charge in [-0.2, -0.15) is 0 Å². The van der Waals surface area contributed by atoms with Crippen LogP contribution in [0.5, 0.6) is 0 Å². The Morgan fingerprint density at radius 1 is 0.280 bits per heavy atom. The van der Waals surface area contributed by atoms with Gasteiger partial charge in [-0.05, 0) is 199 Å². The van der Waals surface area contributed by atoms with Gasteiger partial charge in [0.05, 0.1) is 11.4 Å². The molecule has 16 aromatic rings. The molecule has 0 aliphatic carbocycles. The fourth-order valence-electron chi connectivity index (χ4n) is 16.2. The van der Waals surface area contributed by atoms with Crippen molar-refractivity contribution in [3.8, 4) is 66.8 Å². The maximum Gasteiger partial charge on any atom is 0.252 e. The first kappa shape index (κ1) is 60.4. The molecule has 0 fully saturated rings. The molecule has 3 nitrogen and oxygen atoms in total. The molecule has 0 unspecified atom stereocenters. The first-order valence-corrected chi connectivity index (χ1v) is 35.2. The summed E-state index contributed by atoms with van der Waals surface area (Å²) in [6.45, 7) is 13.9. The molecule has 2 heterocycles. The fraction of sp³-hybridized carbons (Fsp3) is 0.0833. The number of benzene rings is 16. The van der Waals surface area contributed by atoms with Crippen LogP contribution in [0.4, 0.5) is 51.2 Å². The molecule has 4 heteroatoms. The van der Waals surface area contributed by atoms with E-state index in [2.05, 4.69) is 396 Å². The molecule has 476 valence electrons. The molecule has 0 N–H and O–H groups in total. The number of anilines is 9. The predicted molar refractivity (Wildman–Crippen MR) is 429 cm³/mol. The highest BCUT2D eigenvalue weighted by Crippen LogP contribution is 2.54. The van der Waals surface area contributed by atoms with E-state index in [1.165, 1.54) is 93.2 Å². The van der Waals surface area contributed by atoms with Crippen molar-refractivity contribution in [3.63, 3.8) is 0 Å². The maximum atomic E-state index is 2.68. The van der Waals surface area contributed by atoms with Crippen molar-refractivity contribution >= 4 is 107 Å². The maximum absolute atomic E-state index is 2.68. The van der Waals surface area contributed by atoms with Crippen LogP contribution in [-0.2, 0) is 10.8 Å². The van der Waals surface area contributed by atoms with Crippen molar-refractivity contribution in [2.24, 2.45) is 0 Å². The monoisotopic (exact) mass is 1280 g/mol. The van der Waals surface area contributed by atoms with Crippen LogP contribution in [0.2, 0.25) is 0 Å². The molecule has 2 aliphatic rings. The van der Waals surface area contributed by atoms with Gasteiger partial charge in [-0.1, -0.05) is 308 Å². The van der Waals surface area contributed by atoms with Gasteiger partial charge in [0.15, 0.2) is 0 Å². The molecule has 0 saturated heterocycles. The second-order valence-corrected chi connectivity index (χ2v) is 29.2. The van der Waals surface area contributed by atoms with E-state index in [9.17, 15) is 0 Å². The Kier molecular flexibility index (Phi) is 14.5. The first-order valence-electron chi connectivity index (χ1n) is 35.2. The van der Waals surface area contributed by atoms with Gasteiger partial charge in [-0.25, -0.2) is 0 Å². The van der Waals surface area contributed by atoms with Crippen molar-refractivity contribution in [3.05, 3.63) is 351 Å². The molecule has 100 heavy (non-hydrogen) atoms. The van der Waals surface area contributed by atoms with Crippen LogP contribution in [0, 0.1) is 0 Å². The molecule has 0 bridgehead atoms. The van der Waals surface area contributed by atoms with Crippen LogP contribution < -0.4 is 31.1 Å². The van der Waals surface area contributed by atoms with E-state index in [-0.39, 0.29) is 17.5 Å². The third-order valence-electron chi connectivity index (χ3n) is 21.1. The lowest BCUT2D eigenvalue weighted by molar-refractivity contribution is 0.590. The zero-order valence-electron chi connectivity index (χ0n) is 57.3. The van der Waals surface area contributed by atoms with E-state index in [1.54, 1.807) is 0 Å². The number of rotatable bonds is 11. The number of nitrogens with zero attached hydrogens (tertiary/aromatic N) is 3. The molecule has 0 saturated carbocycles. The van der Waals surface area contributed by atoms with Gasteiger partial charge in [0, 0.05) is 50.9 Å². The molecule has 16 aromatic carbocycles. The van der Waals surface area contributed by atoms with Gasteiger partial charge in [0.25, 0.3) is 6.71 Å². The van der Waals surface area contributed by atoms with Crippen molar-refractivity contribution in [1.29, 1.82) is 0 Å². The normalized spacial score (nSPS) is 12.6. The Morgan fingerprint density at radius 3 is 1.41 bits per heavy atom. The highest BCUT2D eigenvalue weighted by atomic mass is 15.2. The molecule has 0 atom stereocenters. The Morgan fingerprint density at radius 2 is 0.780 bits per heavy atom. The van der Waals surface area contributed by atoms with E-state index in [1.807, 2.05) is 0 Å². The SMILES string of the molecule is CC(C)(C)c1ccc2c(c1)B1c3ccc(N(c4ccccc4)c4ccccc4-c4ccccc4)cc3N(c3ccc(-c4ccccc4)cc3)c3cc(-c4c(-c5ccccc5)cccc4-c4ccccc4)cc(c31)N2c1ccc(C(C)(C)C)cc1-c1ccc2ccc3cccc4ccc1c2c34. The number of hydrogen-bond acceptors (Lipinski definition) is 3. The Bertz CT molecular complexity index is 5720. The van der Waals surface area contributed by atoms with Gasteiger partial charge in [-0.3, -0.25) is 0 Å². The Balaban J connectivity index is 0.984. The quantitative estimate of drug-likeness (QED) is 0.0944. The first-order chi connectivity index (χ1) is 48.9. The standard InChI is InChI=1S/C96H74BN3/c1-95(2,3)72-48-56-86(82(60-72)80-53-46-70-43-42-68-34-24-35-69-47-54-81(80)93(70)91(68)69)100-87-57-49-73(96(4,5)6)61-84(87)97-83-55-52-76(98(74-36-20-11-21-37-74)85-41-23-22-38-77(85)65-28-14-8-15-29-65)62-88(83)99(75-50-44-64(45-51-75)63-26-12-7-13-27-63)89-58-71(59-90(100)94(89)97)92-78(66-30-16-9-17-31-66)39-25-40-79(92)67-32-18-10-19-33-67/h7-62H,1-6H3. The van der Waals surface area contributed by atoms with E-state index in [4.69, 9.17) is 0 Å². The van der Waals surface area contributed by atoms with Gasteiger partial charge >= 0.3 is 0 Å². The minimum atomic E-state index is -0.205. The summed E-state index contributed by atoms with van der Waals surface area (Å²) in [7, 11) is 0. The number of para-hydroxylation sites is 2. The summed E-state index contributed by atoms with van der Waals surface area (Å²) in [5, 5.41) is 7.63. The van der Waals surface area contributed by atoms with Crippen molar-refractivity contribution in [2.45, 2.75) is 52.4 Å². The summed E-state index contributed by atoms with van der Waals surface area (Å²) in [6.07, 6.45) is 0. The highest BCUT2D eigenvalue weighted by molar-refractivity contribution is 7.00. The van der Waals surface area contributed by atoms with Crippen LogP contribution in [0.25, 0.3) is 99.1 Å². The van der Waals surface area contributed by atoms with Crippen LogP contribution in [0.3, 0.4) is 0 Å². The van der Waals surface area contributed by atoms with Gasteiger partial charge < -0.3 is 14.7 Å². The van der Waals surface area contributed by atoms with Crippen LogP contribution in [0.15, 0.2) is 340 Å². The smallest absolute Gasteiger partial charge is 0.252 e. The van der Waals surface area contributed by atoms with E-state index >= 15 is 0 Å². The lowest BCUT2D eigenvalue weighted by Crippen LogP contribution is -2.61. The summed E-state index contributed by atoms with van der Waals surface area (Å²) in [5.41, 5.74) is 29.9. The Hall–Kier alpha value is -12.0.